The van der Waals surface area contributed by atoms with E-state index in [0.717, 1.165) is 11.4 Å². The fraction of sp³-hybridized carbons (Fsp3) is 0.562. The van der Waals surface area contributed by atoms with Crippen LogP contribution in [0.5, 0.6) is 0 Å². The Kier molecular flexibility index (Phi) is 3.47. The van der Waals surface area contributed by atoms with Gasteiger partial charge in [-0.25, -0.2) is 4.98 Å². The molecule has 2 amide bonds. The summed E-state index contributed by atoms with van der Waals surface area (Å²) in [6, 6.07) is 3.56. The highest BCUT2D eigenvalue weighted by molar-refractivity contribution is 7.98. The van der Waals surface area contributed by atoms with Gasteiger partial charge in [0.2, 0.25) is 5.91 Å². The third-order valence-electron chi connectivity index (χ3n) is 5.23. The Morgan fingerprint density at radius 1 is 1.45 bits per heavy atom. The molecule has 0 bridgehead atoms. The van der Waals surface area contributed by atoms with E-state index in [1.165, 1.54) is 11.8 Å². The van der Waals surface area contributed by atoms with Gasteiger partial charge in [0.15, 0.2) is 0 Å². The zero-order valence-corrected chi connectivity index (χ0v) is 13.9. The number of carbonyl (C=O) groups excluding carboxylic acids is 2. The van der Waals surface area contributed by atoms with Gasteiger partial charge in [-0.05, 0) is 36.1 Å². The average molecular weight is 319 g/mol. The van der Waals surface area contributed by atoms with Crippen LogP contribution < -0.4 is 5.73 Å². The molecule has 2 aliphatic rings. The zero-order chi connectivity index (χ0) is 16.1. The maximum atomic E-state index is 12.8. The molecule has 1 saturated carbocycles. The first-order valence-electron chi connectivity index (χ1n) is 7.40. The smallest absolute Gasteiger partial charge is 0.256 e. The van der Waals surface area contributed by atoms with E-state index in [2.05, 4.69) is 18.8 Å². The average Bonchev–Trinajstić information content (AvgIpc) is 2.82. The fourth-order valence-electron chi connectivity index (χ4n) is 4.27. The molecule has 2 N–H and O–H groups in total. The standard InChI is InChI=1S/C16H21N3O2S/c1-15(2)8-16(14(17)21)9-19(7-11(15)16)13(20)10-5-4-6-18-12(10)22-3/h4-6,11H,7-9H2,1-3H3,(H2,17,21)/t11-,16+/m1/s1. The molecule has 0 aromatic carbocycles. The van der Waals surface area contributed by atoms with Crippen LogP contribution in [-0.2, 0) is 4.79 Å². The minimum Gasteiger partial charge on any atom is -0.369 e. The van der Waals surface area contributed by atoms with E-state index in [1.54, 1.807) is 23.2 Å². The number of pyridine rings is 1. The first-order valence-corrected chi connectivity index (χ1v) is 8.62. The molecule has 1 aromatic heterocycles. The van der Waals surface area contributed by atoms with E-state index in [4.69, 9.17) is 5.73 Å². The van der Waals surface area contributed by atoms with E-state index in [0.29, 0.717) is 18.7 Å². The topological polar surface area (TPSA) is 76.3 Å². The number of fused-ring (bicyclic) bond motifs is 1. The molecule has 2 heterocycles. The summed E-state index contributed by atoms with van der Waals surface area (Å²) in [7, 11) is 0. The van der Waals surface area contributed by atoms with Crippen LogP contribution in [0, 0.1) is 16.7 Å². The number of primary amides is 1. The highest BCUT2D eigenvalue weighted by Crippen LogP contribution is 2.62. The Hall–Kier alpha value is -1.56. The molecule has 1 aromatic rings. The number of likely N-dealkylation sites (tertiary alicyclic amines) is 1. The predicted molar refractivity (Wildman–Crippen MR) is 85.4 cm³/mol. The maximum absolute atomic E-state index is 12.8. The lowest BCUT2D eigenvalue weighted by Crippen LogP contribution is -2.59. The predicted octanol–water partition coefficient (Wildman–Crippen LogP) is 1.78. The third kappa shape index (κ3) is 2.04. The van der Waals surface area contributed by atoms with Gasteiger partial charge in [0.25, 0.3) is 5.91 Å². The second-order valence-electron chi connectivity index (χ2n) is 6.98. The molecule has 0 radical (unpaired) electrons. The van der Waals surface area contributed by atoms with Crippen LogP contribution in [0.2, 0.25) is 0 Å². The SMILES string of the molecule is CSc1ncccc1C(=O)N1C[C@@H]2C(C)(C)C[C@]2(C(N)=O)C1. The summed E-state index contributed by atoms with van der Waals surface area (Å²) in [4.78, 5) is 30.8. The van der Waals surface area contributed by atoms with Crippen molar-refractivity contribution in [3.63, 3.8) is 0 Å². The van der Waals surface area contributed by atoms with E-state index in [9.17, 15) is 9.59 Å². The second kappa shape index (κ2) is 4.98. The first kappa shape index (κ1) is 15.3. The molecule has 1 aliphatic carbocycles. The first-order chi connectivity index (χ1) is 10.3. The van der Waals surface area contributed by atoms with Crippen LogP contribution in [0.3, 0.4) is 0 Å². The van der Waals surface area contributed by atoms with Crippen LogP contribution in [0.15, 0.2) is 23.4 Å². The number of amides is 2. The van der Waals surface area contributed by atoms with Gasteiger partial charge in [0, 0.05) is 19.3 Å². The Morgan fingerprint density at radius 3 is 2.73 bits per heavy atom. The number of aromatic nitrogens is 1. The molecule has 1 aliphatic heterocycles. The van der Waals surface area contributed by atoms with Crippen molar-refractivity contribution in [3.8, 4) is 0 Å². The summed E-state index contributed by atoms with van der Waals surface area (Å²) in [6.45, 7) is 5.31. The monoisotopic (exact) mass is 319 g/mol. The lowest BCUT2D eigenvalue weighted by atomic mass is 9.48. The molecule has 0 spiro atoms. The summed E-state index contributed by atoms with van der Waals surface area (Å²) < 4.78 is 0. The quantitative estimate of drug-likeness (QED) is 0.862. The van der Waals surface area contributed by atoms with Crippen LogP contribution in [0.25, 0.3) is 0 Å². The lowest BCUT2D eigenvalue weighted by Gasteiger charge is -2.54. The third-order valence-corrected chi connectivity index (χ3v) is 5.94. The number of carbonyl (C=O) groups is 2. The summed E-state index contributed by atoms with van der Waals surface area (Å²) in [6.07, 6.45) is 4.34. The molecule has 5 nitrogen and oxygen atoms in total. The van der Waals surface area contributed by atoms with Crippen molar-refractivity contribution in [2.24, 2.45) is 22.5 Å². The number of rotatable bonds is 3. The number of thioether (sulfide) groups is 1. The van der Waals surface area contributed by atoms with Crippen LogP contribution in [0.4, 0.5) is 0 Å². The van der Waals surface area contributed by atoms with Gasteiger partial charge >= 0.3 is 0 Å². The van der Waals surface area contributed by atoms with Gasteiger partial charge in [-0.1, -0.05) is 13.8 Å². The maximum Gasteiger partial charge on any atom is 0.256 e. The Bertz CT molecular complexity index is 646. The molecule has 1 saturated heterocycles. The largest absolute Gasteiger partial charge is 0.369 e. The van der Waals surface area contributed by atoms with Gasteiger partial charge in [-0.15, -0.1) is 11.8 Å². The van der Waals surface area contributed by atoms with E-state index >= 15 is 0 Å². The van der Waals surface area contributed by atoms with Crippen LogP contribution in [0.1, 0.15) is 30.6 Å². The summed E-state index contributed by atoms with van der Waals surface area (Å²) >= 11 is 1.45. The fourth-order valence-corrected chi connectivity index (χ4v) is 4.81. The summed E-state index contributed by atoms with van der Waals surface area (Å²) in [5.74, 6) is -0.178. The van der Waals surface area contributed by atoms with Crippen molar-refractivity contribution < 1.29 is 9.59 Å². The van der Waals surface area contributed by atoms with Gasteiger partial charge in [-0.3, -0.25) is 9.59 Å². The van der Waals surface area contributed by atoms with E-state index in [-0.39, 0.29) is 23.1 Å². The highest BCUT2D eigenvalue weighted by atomic mass is 32.2. The molecule has 2 fully saturated rings. The minimum absolute atomic E-state index is 0.0525. The molecular formula is C16H21N3O2S. The molecule has 3 rings (SSSR count). The molecule has 2 atom stereocenters. The molecule has 6 heteroatoms. The van der Waals surface area contributed by atoms with Gasteiger partial charge in [-0.2, -0.15) is 0 Å². The van der Waals surface area contributed by atoms with Crippen molar-refractivity contribution >= 4 is 23.6 Å². The highest BCUT2D eigenvalue weighted by Gasteiger charge is 2.66. The zero-order valence-electron chi connectivity index (χ0n) is 13.1. The summed E-state index contributed by atoms with van der Waals surface area (Å²) in [5.41, 5.74) is 5.78. The van der Waals surface area contributed by atoms with Crippen molar-refractivity contribution in [2.75, 3.05) is 19.3 Å². The number of hydrogen-bond acceptors (Lipinski definition) is 4. The Morgan fingerprint density at radius 2 is 2.18 bits per heavy atom. The molecular weight excluding hydrogens is 298 g/mol. The van der Waals surface area contributed by atoms with Crippen LogP contribution >= 0.6 is 11.8 Å². The van der Waals surface area contributed by atoms with E-state index in [1.807, 2.05) is 6.26 Å². The molecule has 22 heavy (non-hydrogen) atoms. The number of nitrogens with two attached hydrogens (primary N) is 1. The second-order valence-corrected chi connectivity index (χ2v) is 7.78. The van der Waals surface area contributed by atoms with Crippen molar-refractivity contribution in [1.82, 2.24) is 9.88 Å². The number of nitrogens with zero attached hydrogens (tertiary/aromatic N) is 2. The Labute approximate surface area is 134 Å². The Balaban J connectivity index is 1.89. The number of hydrogen-bond donors (Lipinski definition) is 1. The van der Waals surface area contributed by atoms with Crippen molar-refractivity contribution in [2.45, 2.75) is 25.3 Å². The van der Waals surface area contributed by atoms with Gasteiger partial charge < -0.3 is 10.6 Å². The molecule has 118 valence electrons. The van der Waals surface area contributed by atoms with Crippen molar-refractivity contribution in [3.05, 3.63) is 23.9 Å². The van der Waals surface area contributed by atoms with Crippen LogP contribution in [-0.4, -0.2) is 41.0 Å². The summed E-state index contributed by atoms with van der Waals surface area (Å²) in [5, 5.41) is 0.721. The minimum atomic E-state index is -0.541. The van der Waals surface area contributed by atoms with E-state index < -0.39 is 5.41 Å². The normalized spacial score (nSPS) is 28.9. The van der Waals surface area contributed by atoms with Crippen molar-refractivity contribution in [1.29, 1.82) is 0 Å². The van der Waals surface area contributed by atoms with Gasteiger partial charge in [0.1, 0.15) is 5.03 Å². The van der Waals surface area contributed by atoms with Gasteiger partial charge in [0.05, 0.1) is 11.0 Å². The lowest BCUT2D eigenvalue weighted by molar-refractivity contribution is -0.148. The molecule has 0 unspecified atom stereocenters.